The third-order valence-corrected chi connectivity index (χ3v) is 3.68. The van der Waals surface area contributed by atoms with E-state index in [9.17, 15) is 10.3 Å². The number of nitrogens with zero attached hydrogens (tertiary/aromatic N) is 1. The predicted octanol–water partition coefficient (Wildman–Crippen LogP) is 2.91. The first-order valence-corrected chi connectivity index (χ1v) is 6.40. The van der Waals surface area contributed by atoms with Crippen molar-refractivity contribution in [3.63, 3.8) is 0 Å². The number of hydrogen-bond donors (Lipinski definition) is 2. The molecule has 92 valence electrons. The Kier molecular flexibility index (Phi) is 4.50. The first-order chi connectivity index (χ1) is 7.40. The van der Waals surface area contributed by atoms with E-state index in [0.717, 1.165) is 4.88 Å². The lowest BCUT2D eigenvalue weighted by Crippen LogP contribution is -2.47. The maximum Gasteiger partial charge on any atom is 0.0722 e. The highest BCUT2D eigenvalue weighted by Crippen LogP contribution is 2.34. The second-order valence-corrected chi connectivity index (χ2v) is 6.00. The summed E-state index contributed by atoms with van der Waals surface area (Å²) < 4.78 is 0. The molecule has 0 spiro atoms. The average Bonchev–Trinajstić information content (AvgIpc) is 2.70. The van der Waals surface area contributed by atoms with Crippen molar-refractivity contribution in [3.8, 4) is 0 Å². The van der Waals surface area contributed by atoms with Crippen LogP contribution in [0.4, 0.5) is 0 Å². The van der Waals surface area contributed by atoms with E-state index < -0.39 is 5.54 Å². The Labute approximate surface area is 101 Å². The summed E-state index contributed by atoms with van der Waals surface area (Å²) in [4.78, 5) is 1.12. The summed E-state index contributed by atoms with van der Waals surface area (Å²) in [7, 11) is 0. The average molecular weight is 243 g/mol. The number of aliphatic hydroxyl groups excluding tert-OH is 1. The SMILES string of the molecule is CC(C)C(c1cccs1)N(O)C(C)(C)CO. The van der Waals surface area contributed by atoms with E-state index in [1.807, 2.05) is 31.4 Å². The molecular formula is C12H21NO2S. The number of hydroxylamine groups is 2. The van der Waals surface area contributed by atoms with E-state index in [2.05, 4.69) is 13.8 Å². The van der Waals surface area contributed by atoms with Crippen LogP contribution in [0.3, 0.4) is 0 Å². The number of rotatable bonds is 5. The Balaban J connectivity index is 2.96. The first kappa shape index (κ1) is 13.6. The van der Waals surface area contributed by atoms with E-state index in [-0.39, 0.29) is 18.6 Å². The highest BCUT2D eigenvalue weighted by molar-refractivity contribution is 7.10. The van der Waals surface area contributed by atoms with Gasteiger partial charge in [-0.1, -0.05) is 19.9 Å². The molecule has 1 aromatic rings. The molecule has 0 fully saturated rings. The topological polar surface area (TPSA) is 43.7 Å². The molecule has 1 atom stereocenters. The van der Waals surface area contributed by atoms with Gasteiger partial charge in [-0.15, -0.1) is 11.3 Å². The maximum absolute atomic E-state index is 10.3. The molecule has 1 aromatic heterocycles. The molecule has 1 rings (SSSR count). The van der Waals surface area contributed by atoms with Gasteiger partial charge in [0.05, 0.1) is 18.2 Å². The molecule has 0 aliphatic heterocycles. The zero-order valence-electron chi connectivity index (χ0n) is 10.3. The number of thiophene rings is 1. The summed E-state index contributed by atoms with van der Waals surface area (Å²) in [5.41, 5.74) is -0.626. The molecule has 0 saturated carbocycles. The summed E-state index contributed by atoms with van der Waals surface area (Å²) in [6.45, 7) is 7.73. The Hall–Kier alpha value is -0.420. The van der Waals surface area contributed by atoms with Crippen molar-refractivity contribution < 1.29 is 10.3 Å². The lowest BCUT2D eigenvalue weighted by Gasteiger charge is -2.39. The summed E-state index contributed by atoms with van der Waals surface area (Å²) in [5.74, 6) is 0.287. The van der Waals surface area contributed by atoms with E-state index in [4.69, 9.17) is 0 Å². The summed E-state index contributed by atoms with van der Waals surface area (Å²) >= 11 is 1.63. The van der Waals surface area contributed by atoms with E-state index in [1.165, 1.54) is 5.06 Å². The van der Waals surface area contributed by atoms with Crippen molar-refractivity contribution in [1.82, 2.24) is 5.06 Å². The molecule has 4 heteroatoms. The van der Waals surface area contributed by atoms with E-state index >= 15 is 0 Å². The molecule has 1 unspecified atom stereocenters. The van der Waals surface area contributed by atoms with Crippen molar-refractivity contribution in [3.05, 3.63) is 22.4 Å². The van der Waals surface area contributed by atoms with Crippen molar-refractivity contribution in [2.45, 2.75) is 39.3 Å². The van der Waals surface area contributed by atoms with Crippen LogP contribution in [-0.4, -0.2) is 27.5 Å². The molecule has 1 heterocycles. The molecule has 16 heavy (non-hydrogen) atoms. The van der Waals surface area contributed by atoms with Crippen LogP contribution in [0.15, 0.2) is 17.5 Å². The minimum Gasteiger partial charge on any atom is -0.394 e. The Morgan fingerprint density at radius 3 is 2.44 bits per heavy atom. The normalized spacial score (nSPS) is 14.8. The molecule has 0 aliphatic rings. The Morgan fingerprint density at radius 1 is 1.44 bits per heavy atom. The van der Waals surface area contributed by atoms with Crippen molar-refractivity contribution in [1.29, 1.82) is 0 Å². The standard InChI is InChI=1S/C12H21NO2S/c1-9(2)11(10-6-5-7-16-10)13(15)12(3,4)8-14/h5-7,9,11,14-15H,8H2,1-4H3. The fourth-order valence-corrected chi connectivity index (χ4v) is 2.62. The number of aliphatic hydroxyl groups is 1. The van der Waals surface area contributed by atoms with Gasteiger partial charge >= 0.3 is 0 Å². The van der Waals surface area contributed by atoms with Gasteiger partial charge in [0.1, 0.15) is 0 Å². The summed E-state index contributed by atoms with van der Waals surface area (Å²) in [6.07, 6.45) is 0. The van der Waals surface area contributed by atoms with Gasteiger partial charge in [0, 0.05) is 4.88 Å². The van der Waals surface area contributed by atoms with Gasteiger partial charge in [0.15, 0.2) is 0 Å². The Bertz CT molecular complexity index is 309. The fourth-order valence-electron chi connectivity index (χ4n) is 1.64. The van der Waals surface area contributed by atoms with Crippen molar-refractivity contribution >= 4 is 11.3 Å². The van der Waals surface area contributed by atoms with Crippen LogP contribution >= 0.6 is 11.3 Å². The van der Waals surface area contributed by atoms with Crippen LogP contribution in [0.1, 0.15) is 38.6 Å². The van der Waals surface area contributed by atoms with Crippen molar-refractivity contribution in [2.75, 3.05) is 6.61 Å². The van der Waals surface area contributed by atoms with Crippen LogP contribution in [0.5, 0.6) is 0 Å². The van der Waals surface area contributed by atoms with Gasteiger partial charge in [0.25, 0.3) is 0 Å². The molecule has 3 nitrogen and oxygen atoms in total. The van der Waals surface area contributed by atoms with Gasteiger partial charge in [0.2, 0.25) is 0 Å². The molecular weight excluding hydrogens is 222 g/mol. The maximum atomic E-state index is 10.3. The zero-order chi connectivity index (χ0) is 12.3. The lowest BCUT2D eigenvalue weighted by molar-refractivity contribution is -0.213. The third kappa shape index (κ3) is 2.83. The van der Waals surface area contributed by atoms with Gasteiger partial charge in [-0.05, 0) is 31.2 Å². The van der Waals surface area contributed by atoms with Gasteiger partial charge in [-0.2, -0.15) is 5.06 Å². The highest BCUT2D eigenvalue weighted by atomic mass is 32.1. The van der Waals surface area contributed by atoms with E-state index in [1.54, 1.807) is 11.3 Å². The minimum atomic E-state index is -0.626. The minimum absolute atomic E-state index is 0.0675. The lowest BCUT2D eigenvalue weighted by atomic mass is 9.97. The first-order valence-electron chi connectivity index (χ1n) is 5.52. The second kappa shape index (κ2) is 5.27. The molecule has 0 saturated heterocycles. The number of hydrogen-bond acceptors (Lipinski definition) is 4. The van der Waals surface area contributed by atoms with Crippen LogP contribution in [0.25, 0.3) is 0 Å². The predicted molar refractivity (Wildman–Crippen MR) is 66.7 cm³/mol. The molecule has 0 amide bonds. The Morgan fingerprint density at radius 2 is 2.06 bits per heavy atom. The third-order valence-electron chi connectivity index (χ3n) is 2.74. The van der Waals surface area contributed by atoms with Crippen LogP contribution in [-0.2, 0) is 0 Å². The van der Waals surface area contributed by atoms with Crippen LogP contribution in [0.2, 0.25) is 0 Å². The van der Waals surface area contributed by atoms with Crippen LogP contribution < -0.4 is 0 Å². The zero-order valence-corrected chi connectivity index (χ0v) is 11.2. The summed E-state index contributed by atoms with van der Waals surface area (Å²) in [5, 5.41) is 22.8. The van der Waals surface area contributed by atoms with Gasteiger partial charge in [-0.3, -0.25) is 0 Å². The van der Waals surface area contributed by atoms with Gasteiger partial charge in [-0.25, -0.2) is 0 Å². The van der Waals surface area contributed by atoms with E-state index in [0.29, 0.717) is 0 Å². The quantitative estimate of drug-likeness (QED) is 0.782. The fraction of sp³-hybridized carbons (Fsp3) is 0.667. The molecule has 0 aromatic carbocycles. The smallest absolute Gasteiger partial charge is 0.0722 e. The molecule has 2 N–H and O–H groups in total. The van der Waals surface area contributed by atoms with Crippen molar-refractivity contribution in [2.24, 2.45) is 5.92 Å². The molecule has 0 bridgehead atoms. The second-order valence-electron chi connectivity index (χ2n) is 5.02. The molecule has 0 aliphatic carbocycles. The highest BCUT2D eigenvalue weighted by Gasteiger charge is 2.34. The van der Waals surface area contributed by atoms with Crippen LogP contribution in [0, 0.1) is 5.92 Å². The monoisotopic (exact) mass is 243 g/mol. The van der Waals surface area contributed by atoms with Gasteiger partial charge < -0.3 is 10.3 Å². The molecule has 0 radical (unpaired) electrons. The largest absolute Gasteiger partial charge is 0.394 e. The summed E-state index contributed by atoms with van der Waals surface area (Å²) in [6, 6.07) is 3.93.